The van der Waals surface area contributed by atoms with Crippen molar-refractivity contribution in [3.8, 4) is 0 Å². The van der Waals surface area contributed by atoms with Crippen LogP contribution in [0.25, 0.3) is 0 Å². The molecule has 0 radical (unpaired) electrons. The molecule has 1 unspecified atom stereocenters. The summed E-state index contributed by atoms with van der Waals surface area (Å²) in [6, 6.07) is 0. The first-order valence-electron chi connectivity index (χ1n) is 3.72. The Kier molecular flexibility index (Phi) is 2.60. The smallest absolute Gasteiger partial charge is 0.0973 e. The fourth-order valence-electron chi connectivity index (χ4n) is 0.782. The second kappa shape index (κ2) is 3.28. The van der Waals surface area contributed by atoms with E-state index < -0.39 is 0 Å². The Bertz CT molecular complexity index is 143. The number of rotatable bonds is 2. The van der Waals surface area contributed by atoms with E-state index in [2.05, 4.69) is 31.3 Å². The molecule has 58 valence electrons. The van der Waals surface area contributed by atoms with E-state index in [1.807, 2.05) is 11.8 Å². The molecule has 1 aliphatic heterocycles. The standard InChI is InChI=1S/C7H14N2S/c1-4-6-8-9-7(10-6)5(2)3/h5,7,9H,4H2,1-3H3. The van der Waals surface area contributed by atoms with Crippen molar-refractivity contribution in [2.45, 2.75) is 32.6 Å². The molecule has 0 aliphatic carbocycles. The van der Waals surface area contributed by atoms with E-state index in [4.69, 9.17) is 0 Å². The summed E-state index contributed by atoms with van der Waals surface area (Å²) in [5, 5.41) is 5.93. The van der Waals surface area contributed by atoms with Gasteiger partial charge < -0.3 is 0 Å². The number of hydrazone groups is 1. The third-order valence-corrected chi connectivity index (χ3v) is 3.04. The zero-order valence-electron chi connectivity index (χ0n) is 6.72. The molecule has 3 heteroatoms. The minimum Gasteiger partial charge on any atom is -0.296 e. The maximum atomic E-state index is 4.19. The van der Waals surface area contributed by atoms with Crippen molar-refractivity contribution in [2.24, 2.45) is 11.0 Å². The molecule has 1 N–H and O–H groups in total. The van der Waals surface area contributed by atoms with Gasteiger partial charge in [0.05, 0.1) is 10.4 Å². The fraction of sp³-hybridized carbons (Fsp3) is 0.857. The van der Waals surface area contributed by atoms with Crippen LogP contribution in [-0.2, 0) is 0 Å². The summed E-state index contributed by atoms with van der Waals surface area (Å²) in [6.45, 7) is 6.55. The first-order chi connectivity index (χ1) is 4.74. The second-order valence-electron chi connectivity index (χ2n) is 2.77. The molecule has 0 aromatic heterocycles. The number of thioether (sulfide) groups is 1. The summed E-state index contributed by atoms with van der Waals surface area (Å²) in [6.07, 6.45) is 1.06. The summed E-state index contributed by atoms with van der Waals surface area (Å²) in [5.41, 5.74) is 3.11. The molecule has 0 fully saturated rings. The van der Waals surface area contributed by atoms with Crippen LogP contribution in [0, 0.1) is 5.92 Å². The summed E-state index contributed by atoms with van der Waals surface area (Å²) < 4.78 is 0. The van der Waals surface area contributed by atoms with Crippen LogP contribution in [0.1, 0.15) is 27.2 Å². The molecule has 0 aromatic rings. The Hall–Kier alpha value is -0.180. The van der Waals surface area contributed by atoms with Crippen LogP contribution >= 0.6 is 11.8 Å². The molecule has 0 saturated carbocycles. The number of hydrogen-bond acceptors (Lipinski definition) is 3. The molecule has 0 aromatic carbocycles. The molecule has 10 heavy (non-hydrogen) atoms. The summed E-state index contributed by atoms with van der Waals surface area (Å²) >= 11 is 1.86. The van der Waals surface area contributed by atoms with E-state index >= 15 is 0 Å². The van der Waals surface area contributed by atoms with Gasteiger partial charge in [-0.3, -0.25) is 5.43 Å². The summed E-state index contributed by atoms with van der Waals surface area (Å²) in [7, 11) is 0. The van der Waals surface area contributed by atoms with Crippen molar-refractivity contribution in [3.05, 3.63) is 0 Å². The zero-order chi connectivity index (χ0) is 7.56. The maximum absolute atomic E-state index is 4.19. The van der Waals surface area contributed by atoms with Crippen LogP contribution in [0.5, 0.6) is 0 Å². The topological polar surface area (TPSA) is 24.4 Å². The van der Waals surface area contributed by atoms with Crippen LogP contribution < -0.4 is 5.43 Å². The third kappa shape index (κ3) is 1.66. The first kappa shape index (κ1) is 7.92. The lowest BCUT2D eigenvalue weighted by Crippen LogP contribution is -2.21. The van der Waals surface area contributed by atoms with Gasteiger partial charge in [0.15, 0.2) is 0 Å². The number of nitrogens with one attached hydrogen (secondary N) is 1. The molecule has 1 heterocycles. The highest BCUT2D eigenvalue weighted by Crippen LogP contribution is 2.24. The zero-order valence-corrected chi connectivity index (χ0v) is 7.53. The minimum absolute atomic E-state index is 0.509. The van der Waals surface area contributed by atoms with E-state index in [9.17, 15) is 0 Å². The van der Waals surface area contributed by atoms with Gasteiger partial charge in [-0.15, -0.1) is 0 Å². The monoisotopic (exact) mass is 158 g/mol. The average molecular weight is 158 g/mol. The Morgan fingerprint density at radius 2 is 2.40 bits per heavy atom. The minimum atomic E-state index is 0.509. The van der Waals surface area contributed by atoms with Crippen LogP contribution in [0.15, 0.2) is 5.10 Å². The SMILES string of the molecule is CCC1=NNC(C(C)C)S1. The number of hydrogen-bond donors (Lipinski definition) is 1. The molecule has 1 atom stereocenters. The Labute approximate surface area is 66.5 Å². The average Bonchev–Trinajstić information content (AvgIpc) is 2.34. The van der Waals surface area contributed by atoms with Crippen molar-refractivity contribution < 1.29 is 0 Å². The van der Waals surface area contributed by atoms with Gasteiger partial charge in [0.2, 0.25) is 0 Å². The van der Waals surface area contributed by atoms with Crippen molar-refractivity contribution in [2.75, 3.05) is 0 Å². The van der Waals surface area contributed by atoms with Gasteiger partial charge in [-0.1, -0.05) is 32.5 Å². The van der Waals surface area contributed by atoms with E-state index in [1.165, 1.54) is 5.04 Å². The molecule has 0 bridgehead atoms. The van der Waals surface area contributed by atoms with Gasteiger partial charge >= 0.3 is 0 Å². The quantitative estimate of drug-likeness (QED) is 0.665. The van der Waals surface area contributed by atoms with Gasteiger partial charge in [0, 0.05) is 0 Å². The molecular formula is C7H14N2S. The molecule has 0 spiro atoms. The summed E-state index contributed by atoms with van der Waals surface area (Å²) in [5.74, 6) is 0.665. The highest BCUT2D eigenvalue weighted by molar-refractivity contribution is 8.14. The van der Waals surface area contributed by atoms with Crippen LogP contribution in [0.4, 0.5) is 0 Å². The van der Waals surface area contributed by atoms with Crippen molar-refractivity contribution in [1.29, 1.82) is 0 Å². The van der Waals surface area contributed by atoms with E-state index in [-0.39, 0.29) is 0 Å². The lowest BCUT2D eigenvalue weighted by atomic mass is 10.2. The predicted octanol–water partition coefficient (Wildman–Crippen LogP) is 2.03. The largest absolute Gasteiger partial charge is 0.296 e. The highest BCUT2D eigenvalue weighted by atomic mass is 32.2. The van der Waals surface area contributed by atoms with Crippen molar-refractivity contribution in [1.82, 2.24) is 5.43 Å². The van der Waals surface area contributed by atoms with Crippen molar-refractivity contribution >= 4 is 16.8 Å². The Morgan fingerprint density at radius 3 is 2.70 bits per heavy atom. The molecular weight excluding hydrogens is 144 g/mol. The predicted molar refractivity (Wildman–Crippen MR) is 47.1 cm³/mol. The van der Waals surface area contributed by atoms with Crippen LogP contribution in [0.3, 0.4) is 0 Å². The molecule has 0 saturated heterocycles. The van der Waals surface area contributed by atoms with E-state index in [0.29, 0.717) is 11.3 Å². The first-order valence-corrected chi connectivity index (χ1v) is 4.60. The van der Waals surface area contributed by atoms with Gasteiger partial charge in [-0.05, 0) is 12.3 Å². The molecule has 1 rings (SSSR count). The Balaban J connectivity index is 2.36. The van der Waals surface area contributed by atoms with Crippen LogP contribution in [0.2, 0.25) is 0 Å². The fourth-order valence-corrected chi connectivity index (χ4v) is 1.73. The number of nitrogens with zero attached hydrogens (tertiary/aromatic N) is 1. The highest BCUT2D eigenvalue weighted by Gasteiger charge is 2.20. The van der Waals surface area contributed by atoms with E-state index in [0.717, 1.165) is 6.42 Å². The third-order valence-electron chi connectivity index (χ3n) is 1.49. The molecule has 2 nitrogen and oxygen atoms in total. The lowest BCUT2D eigenvalue weighted by Gasteiger charge is -2.11. The van der Waals surface area contributed by atoms with Crippen molar-refractivity contribution in [3.63, 3.8) is 0 Å². The second-order valence-corrected chi connectivity index (χ2v) is 3.99. The van der Waals surface area contributed by atoms with Gasteiger partial charge in [-0.25, -0.2) is 0 Å². The molecule has 0 amide bonds. The normalized spacial score (nSPS) is 24.8. The van der Waals surface area contributed by atoms with E-state index in [1.54, 1.807) is 0 Å². The van der Waals surface area contributed by atoms with Gasteiger partial charge in [0.1, 0.15) is 0 Å². The maximum Gasteiger partial charge on any atom is 0.0973 e. The van der Waals surface area contributed by atoms with Gasteiger partial charge in [-0.2, -0.15) is 5.10 Å². The molecule has 1 aliphatic rings. The summed E-state index contributed by atoms with van der Waals surface area (Å²) in [4.78, 5) is 0. The van der Waals surface area contributed by atoms with Gasteiger partial charge in [0.25, 0.3) is 0 Å². The Morgan fingerprint density at radius 1 is 1.70 bits per heavy atom. The lowest BCUT2D eigenvalue weighted by molar-refractivity contribution is 0.538. The van der Waals surface area contributed by atoms with Crippen LogP contribution in [-0.4, -0.2) is 10.4 Å².